The van der Waals surface area contributed by atoms with Crippen molar-refractivity contribution in [1.82, 2.24) is 4.90 Å². The number of benzene rings is 1. The molecule has 2 rings (SSSR count). The van der Waals surface area contributed by atoms with Gasteiger partial charge in [0.2, 0.25) is 0 Å². The molecule has 8 heteroatoms. The summed E-state index contributed by atoms with van der Waals surface area (Å²) in [7, 11) is 0. The number of alkyl halides is 3. The molecule has 1 aromatic rings. The number of carboxylic acids is 1. The Morgan fingerprint density at radius 1 is 1.30 bits per heavy atom. The molecule has 23 heavy (non-hydrogen) atoms. The highest BCUT2D eigenvalue weighted by molar-refractivity contribution is 5.88. The zero-order valence-electron chi connectivity index (χ0n) is 12.4. The second kappa shape index (κ2) is 6.10. The maximum atomic E-state index is 12.4. The van der Waals surface area contributed by atoms with Crippen molar-refractivity contribution in [3.63, 3.8) is 0 Å². The molecule has 0 saturated carbocycles. The van der Waals surface area contributed by atoms with Gasteiger partial charge >= 0.3 is 12.1 Å². The van der Waals surface area contributed by atoms with Gasteiger partial charge < -0.3 is 14.7 Å². The Balaban J connectivity index is 1.98. The lowest BCUT2D eigenvalue weighted by atomic mass is 9.99. The van der Waals surface area contributed by atoms with Gasteiger partial charge in [-0.05, 0) is 44.0 Å². The quantitative estimate of drug-likeness (QED) is 0.921. The Hall–Kier alpha value is -2.25. The fraction of sp³-hybridized carbons (Fsp3) is 0.467. The van der Waals surface area contributed by atoms with E-state index in [-0.39, 0.29) is 5.75 Å². The summed E-state index contributed by atoms with van der Waals surface area (Å²) in [6.45, 7) is 1.37. The van der Waals surface area contributed by atoms with Gasteiger partial charge in [0.25, 0.3) is 5.91 Å². The van der Waals surface area contributed by atoms with Crippen LogP contribution in [-0.4, -0.2) is 40.6 Å². The molecule has 1 N–H and O–H groups in total. The number of rotatable bonds is 4. The smallest absolute Gasteiger partial charge is 0.416 e. The average Bonchev–Trinajstić information content (AvgIpc) is 2.88. The largest absolute Gasteiger partial charge is 0.484 e. The van der Waals surface area contributed by atoms with E-state index in [9.17, 15) is 27.9 Å². The molecular weight excluding hydrogens is 315 g/mol. The minimum atomic E-state index is -4.44. The van der Waals surface area contributed by atoms with Crippen molar-refractivity contribution < 1.29 is 32.6 Å². The summed E-state index contributed by atoms with van der Waals surface area (Å²) in [6.07, 6.45) is -3.50. The summed E-state index contributed by atoms with van der Waals surface area (Å²) in [6, 6.07) is 3.96. The van der Waals surface area contributed by atoms with E-state index in [1.165, 1.54) is 11.8 Å². The number of hydrogen-bond donors (Lipinski definition) is 1. The second-order valence-corrected chi connectivity index (χ2v) is 5.54. The third-order valence-electron chi connectivity index (χ3n) is 3.95. The van der Waals surface area contributed by atoms with Crippen molar-refractivity contribution in [2.75, 3.05) is 13.2 Å². The number of halogens is 3. The number of amides is 1. The number of aliphatic carboxylic acids is 1. The lowest BCUT2D eigenvalue weighted by molar-refractivity contribution is -0.156. The molecule has 0 spiro atoms. The van der Waals surface area contributed by atoms with E-state index in [0.717, 1.165) is 24.3 Å². The third kappa shape index (κ3) is 3.57. The maximum Gasteiger partial charge on any atom is 0.416 e. The lowest BCUT2D eigenvalue weighted by Crippen LogP contribution is -2.52. The van der Waals surface area contributed by atoms with Gasteiger partial charge in [0.15, 0.2) is 6.61 Å². The first-order chi connectivity index (χ1) is 10.6. The predicted molar refractivity (Wildman–Crippen MR) is 73.9 cm³/mol. The summed E-state index contributed by atoms with van der Waals surface area (Å²) < 4.78 is 42.5. The van der Waals surface area contributed by atoms with Crippen molar-refractivity contribution in [2.24, 2.45) is 0 Å². The van der Waals surface area contributed by atoms with Crippen molar-refractivity contribution in [3.05, 3.63) is 29.8 Å². The molecule has 0 aromatic heterocycles. The van der Waals surface area contributed by atoms with E-state index in [0.29, 0.717) is 19.4 Å². The van der Waals surface area contributed by atoms with Crippen molar-refractivity contribution in [1.29, 1.82) is 0 Å². The van der Waals surface area contributed by atoms with Crippen LogP contribution < -0.4 is 4.74 Å². The molecule has 1 heterocycles. The third-order valence-corrected chi connectivity index (χ3v) is 3.95. The number of carboxylic acid groups (broad SMARTS) is 1. The maximum absolute atomic E-state index is 12.4. The molecule has 0 bridgehead atoms. The van der Waals surface area contributed by atoms with Crippen LogP contribution in [0.3, 0.4) is 0 Å². The number of carbonyl (C=O) groups excluding carboxylic acids is 1. The molecule has 1 aliphatic rings. The van der Waals surface area contributed by atoms with Crippen LogP contribution >= 0.6 is 0 Å². The average molecular weight is 331 g/mol. The van der Waals surface area contributed by atoms with Crippen molar-refractivity contribution >= 4 is 11.9 Å². The van der Waals surface area contributed by atoms with Crippen molar-refractivity contribution in [2.45, 2.75) is 31.5 Å². The summed E-state index contributed by atoms with van der Waals surface area (Å²) in [5.41, 5.74) is -2.07. The first-order valence-electron chi connectivity index (χ1n) is 6.98. The fourth-order valence-corrected chi connectivity index (χ4v) is 2.55. The van der Waals surface area contributed by atoms with Crippen LogP contribution in [0.4, 0.5) is 13.2 Å². The van der Waals surface area contributed by atoms with Crippen LogP contribution in [-0.2, 0) is 15.8 Å². The van der Waals surface area contributed by atoms with Crippen LogP contribution in [0.2, 0.25) is 0 Å². The lowest BCUT2D eigenvalue weighted by Gasteiger charge is -2.31. The molecule has 1 atom stereocenters. The molecule has 0 radical (unpaired) electrons. The van der Waals surface area contributed by atoms with Crippen LogP contribution in [0.25, 0.3) is 0 Å². The Morgan fingerprint density at radius 3 is 2.43 bits per heavy atom. The number of nitrogens with zero attached hydrogens (tertiary/aromatic N) is 1. The summed E-state index contributed by atoms with van der Waals surface area (Å²) in [4.78, 5) is 24.7. The van der Waals surface area contributed by atoms with E-state index < -0.39 is 35.8 Å². The monoisotopic (exact) mass is 331 g/mol. The molecular formula is C15H16F3NO4. The van der Waals surface area contributed by atoms with E-state index in [1.54, 1.807) is 0 Å². The Labute approximate surface area is 130 Å². The zero-order chi connectivity index (χ0) is 17.3. The highest BCUT2D eigenvalue weighted by Crippen LogP contribution is 2.31. The Kier molecular flexibility index (Phi) is 4.53. The van der Waals surface area contributed by atoms with Gasteiger partial charge in [-0.1, -0.05) is 0 Å². The SMILES string of the molecule is CC1(C(=O)O)CCCN1C(=O)COc1ccc(C(F)(F)F)cc1. The van der Waals surface area contributed by atoms with E-state index in [2.05, 4.69) is 0 Å². The second-order valence-electron chi connectivity index (χ2n) is 5.54. The van der Waals surface area contributed by atoms with E-state index in [1.807, 2.05) is 0 Å². The zero-order valence-corrected chi connectivity index (χ0v) is 12.4. The van der Waals surface area contributed by atoms with Gasteiger partial charge in [-0.3, -0.25) is 4.79 Å². The van der Waals surface area contributed by atoms with E-state index in [4.69, 9.17) is 4.74 Å². The van der Waals surface area contributed by atoms with Crippen LogP contribution in [0.5, 0.6) is 5.75 Å². The normalized spacial score (nSPS) is 21.3. The summed E-state index contributed by atoms with van der Waals surface area (Å²) in [5.74, 6) is -1.48. The van der Waals surface area contributed by atoms with Crippen LogP contribution in [0.1, 0.15) is 25.3 Å². The van der Waals surface area contributed by atoms with E-state index >= 15 is 0 Å². The van der Waals surface area contributed by atoms with Crippen molar-refractivity contribution in [3.8, 4) is 5.75 Å². The summed E-state index contributed by atoms with van der Waals surface area (Å²) >= 11 is 0. The van der Waals surface area contributed by atoms with Gasteiger partial charge in [0.05, 0.1) is 5.56 Å². The highest BCUT2D eigenvalue weighted by Gasteiger charge is 2.45. The Bertz CT molecular complexity index is 600. The van der Waals surface area contributed by atoms with Gasteiger partial charge in [-0.25, -0.2) is 4.79 Å². The predicted octanol–water partition coefficient (Wildman–Crippen LogP) is 2.55. The van der Waals surface area contributed by atoms with Gasteiger partial charge in [-0.15, -0.1) is 0 Å². The van der Waals surface area contributed by atoms with Crippen LogP contribution in [0.15, 0.2) is 24.3 Å². The first kappa shape index (κ1) is 17.1. The van der Waals surface area contributed by atoms with Gasteiger partial charge in [-0.2, -0.15) is 13.2 Å². The Morgan fingerprint density at radius 2 is 1.91 bits per heavy atom. The standard InChI is InChI=1S/C15H16F3NO4/c1-14(13(21)22)7-2-8-19(14)12(20)9-23-11-5-3-10(4-6-11)15(16,17)18/h3-6H,2,7-9H2,1H3,(H,21,22). The summed E-state index contributed by atoms with van der Waals surface area (Å²) in [5, 5.41) is 9.24. The molecule has 1 saturated heterocycles. The van der Waals surface area contributed by atoms with Crippen LogP contribution in [0, 0.1) is 0 Å². The molecule has 1 amide bonds. The molecule has 5 nitrogen and oxygen atoms in total. The minimum absolute atomic E-state index is 0.113. The molecule has 1 fully saturated rings. The molecule has 0 aliphatic carbocycles. The highest BCUT2D eigenvalue weighted by atomic mass is 19.4. The number of ether oxygens (including phenoxy) is 1. The number of carbonyl (C=O) groups is 2. The van der Waals surface area contributed by atoms with Gasteiger partial charge in [0, 0.05) is 6.54 Å². The molecule has 1 aliphatic heterocycles. The van der Waals surface area contributed by atoms with Gasteiger partial charge in [0.1, 0.15) is 11.3 Å². The number of likely N-dealkylation sites (tertiary alicyclic amines) is 1. The molecule has 1 aromatic carbocycles. The fourth-order valence-electron chi connectivity index (χ4n) is 2.55. The molecule has 1 unspecified atom stereocenters. The first-order valence-corrected chi connectivity index (χ1v) is 6.98. The minimum Gasteiger partial charge on any atom is -0.484 e. The molecule has 126 valence electrons. The topological polar surface area (TPSA) is 66.8 Å². The number of hydrogen-bond acceptors (Lipinski definition) is 3.